The van der Waals surface area contributed by atoms with E-state index in [-0.39, 0.29) is 6.10 Å². The summed E-state index contributed by atoms with van der Waals surface area (Å²) in [6, 6.07) is 0. The lowest BCUT2D eigenvalue weighted by atomic mass is 9.97. The lowest BCUT2D eigenvalue weighted by molar-refractivity contribution is 0.170. The van der Waals surface area contributed by atoms with Crippen LogP contribution in [-0.4, -0.2) is 11.2 Å². The molecule has 1 nitrogen and oxygen atoms in total. The van der Waals surface area contributed by atoms with E-state index >= 15 is 0 Å². The number of aliphatic hydroxyl groups excluding tert-OH is 1. The molecule has 2 aliphatic rings. The zero-order valence-corrected chi connectivity index (χ0v) is 14.2. The van der Waals surface area contributed by atoms with Crippen LogP contribution >= 0.6 is 0 Å². The Bertz CT molecular complexity index is 350. The van der Waals surface area contributed by atoms with Gasteiger partial charge in [-0.2, -0.15) is 0 Å². The predicted octanol–water partition coefficient (Wildman–Crippen LogP) is 5.50. The van der Waals surface area contributed by atoms with Gasteiger partial charge in [0.2, 0.25) is 0 Å². The molecule has 0 aromatic heterocycles. The van der Waals surface area contributed by atoms with Crippen molar-refractivity contribution < 1.29 is 5.11 Å². The summed E-state index contributed by atoms with van der Waals surface area (Å²) >= 11 is 0. The molecule has 0 radical (unpaired) electrons. The van der Waals surface area contributed by atoms with Gasteiger partial charge in [0.1, 0.15) is 0 Å². The van der Waals surface area contributed by atoms with E-state index in [1.165, 1.54) is 44.1 Å². The quantitative estimate of drug-likeness (QED) is 0.484. The molecule has 120 valence electrons. The lowest BCUT2D eigenvalue weighted by Crippen LogP contribution is -2.02. The molecular formula is C20H34O. The molecule has 1 unspecified atom stereocenters. The summed E-state index contributed by atoms with van der Waals surface area (Å²) in [5.41, 5.74) is 1.44. The molecule has 1 heteroatoms. The summed E-state index contributed by atoms with van der Waals surface area (Å²) in [5, 5.41) is 9.69. The monoisotopic (exact) mass is 290 g/mol. The van der Waals surface area contributed by atoms with Crippen LogP contribution in [0.25, 0.3) is 0 Å². The molecule has 2 aliphatic carbocycles. The van der Waals surface area contributed by atoms with Gasteiger partial charge in [0, 0.05) is 0 Å². The zero-order valence-electron chi connectivity index (χ0n) is 14.2. The Morgan fingerprint density at radius 2 is 1.81 bits per heavy atom. The van der Waals surface area contributed by atoms with Crippen LogP contribution in [-0.2, 0) is 0 Å². The van der Waals surface area contributed by atoms with Gasteiger partial charge in [-0.15, -0.1) is 0 Å². The molecule has 0 amide bonds. The Labute approximate surface area is 131 Å². The normalized spacial score (nSPS) is 33.3. The third-order valence-corrected chi connectivity index (χ3v) is 5.43. The van der Waals surface area contributed by atoms with E-state index in [0.717, 1.165) is 36.5 Å². The molecule has 2 saturated carbocycles. The van der Waals surface area contributed by atoms with Gasteiger partial charge in [-0.25, -0.2) is 0 Å². The van der Waals surface area contributed by atoms with Crippen LogP contribution in [0.4, 0.5) is 0 Å². The number of aliphatic hydroxyl groups is 1. The van der Waals surface area contributed by atoms with Crippen LogP contribution < -0.4 is 0 Å². The smallest absolute Gasteiger partial charge is 0.0545 e. The summed E-state index contributed by atoms with van der Waals surface area (Å²) in [5.74, 6) is 3.24. The standard InChI is InChI=1S/C20H34O/c1-15(2)7-4-5-8-16(3)9-6-10-17-11-18-13-20(21)14-19(18)12-17/h6-7,10,16-21H,4-5,8-9,11-14H2,1-3H3/t16?,17-,18-,19-,20-/m0/s1. The van der Waals surface area contributed by atoms with Crippen molar-refractivity contribution in [2.75, 3.05) is 0 Å². The van der Waals surface area contributed by atoms with Crippen molar-refractivity contribution in [3.8, 4) is 0 Å². The van der Waals surface area contributed by atoms with Crippen LogP contribution in [0.3, 0.4) is 0 Å². The fraction of sp³-hybridized carbons (Fsp3) is 0.800. The SMILES string of the molecule is CC(C)=CCCCC(C)CC=C[C@H]1C[C@H]2C[C@H](O)C[C@@H]2C1. The van der Waals surface area contributed by atoms with E-state index in [1.54, 1.807) is 0 Å². The summed E-state index contributed by atoms with van der Waals surface area (Å²) < 4.78 is 0. The van der Waals surface area contributed by atoms with Gasteiger partial charge in [-0.1, -0.05) is 37.1 Å². The first-order valence-electron chi connectivity index (χ1n) is 9.02. The maximum absolute atomic E-state index is 9.69. The van der Waals surface area contributed by atoms with Crippen LogP contribution in [0.2, 0.25) is 0 Å². The van der Waals surface area contributed by atoms with E-state index in [0.29, 0.717) is 0 Å². The van der Waals surface area contributed by atoms with Crippen molar-refractivity contribution in [3.63, 3.8) is 0 Å². The van der Waals surface area contributed by atoms with Gasteiger partial charge in [-0.3, -0.25) is 0 Å². The van der Waals surface area contributed by atoms with Crippen molar-refractivity contribution in [1.82, 2.24) is 0 Å². The second-order valence-electron chi connectivity index (χ2n) is 7.86. The Kier molecular flexibility index (Phi) is 6.54. The molecule has 0 bridgehead atoms. The highest BCUT2D eigenvalue weighted by molar-refractivity contribution is 5.00. The van der Waals surface area contributed by atoms with Crippen molar-refractivity contribution in [2.24, 2.45) is 23.7 Å². The average molecular weight is 290 g/mol. The van der Waals surface area contributed by atoms with Crippen molar-refractivity contribution in [3.05, 3.63) is 23.8 Å². The molecule has 0 saturated heterocycles. The van der Waals surface area contributed by atoms with E-state index in [4.69, 9.17) is 0 Å². The molecule has 2 rings (SSSR count). The molecule has 0 aromatic carbocycles. The summed E-state index contributed by atoms with van der Waals surface area (Å²) in [6.45, 7) is 6.75. The molecule has 0 spiro atoms. The Balaban J connectivity index is 1.59. The average Bonchev–Trinajstić information content (AvgIpc) is 2.91. The predicted molar refractivity (Wildman–Crippen MR) is 91.1 cm³/mol. The first kappa shape index (κ1) is 16.8. The highest BCUT2D eigenvalue weighted by atomic mass is 16.3. The number of fused-ring (bicyclic) bond motifs is 1. The molecule has 0 aliphatic heterocycles. The highest BCUT2D eigenvalue weighted by Gasteiger charge is 2.39. The third-order valence-electron chi connectivity index (χ3n) is 5.43. The van der Waals surface area contributed by atoms with E-state index < -0.39 is 0 Å². The van der Waals surface area contributed by atoms with Gasteiger partial charge < -0.3 is 5.11 Å². The number of allylic oxidation sites excluding steroid dienone is 4. The van der Waals surface area contributed by atoms with Gasteiger partial charge >= 0.3 is 0 Å². The summed E-state index contributed by atoms with van der Waals surface area (Å²) in [7, 11) is 0. The molecule has 2 fully saturated rings. The van der Waals surface area contributed by atoms with Gasteiger partial charge in [0.25, 0.3) is 0 Å². The first-order valence-corrected chi connectivity index (χ1v) is 9.02. The van der Waals surface area contributed by atoms with E-state index in [2.05, 4.69) is 39.0 Å². The van der Waals surface area contributed by atoms with E-state index in [1.807, 2.05) is 0 Å². The minimum absolute atomic E-state index is 0.00533. The van der Waals surface area contributed by atoms with Crippen LogP contribution in [0.5, 0.6) is 0 Å². The van der Waals surface area contributed by atoms with Gasteiger partial charge in [-0.05, 0) is 82.5 Å². The second-order valence-corrected chi connectivity index (χ2v) is 7.86. The van der Waals surface area contributed by atoms with Crippen LogP contribution in [0.1, 0.15) is 72.1 Å². The number of unbranched alkanes of at least 4 members (excludes halogenated alkanes) is 1. The first-order chi connectivity index (χ1) is 10.0. The molecule has 3 atom stereocenters. The van der Waals surface area contributed by atoms with Crippen LogP contribution in [0, 0.1) is 23.7 Å². The van der Waals surface area contributed by atoms with Crippen LogP contribution in [0.15, 0.2) is 23.8 Å². The lowest BCUT2D eigenvalue weighted by Gasteiger charge is -2.10. The zero-order chi connectivity index (χ0) is 15.2. The maximum atomic E-state index is 9.69. The highest BCUT2D eigenvalue weighted by Crippen LogP contribution is 2.47. The molecule has 0 heterocycles. The topological polar surface area (TPSA) is 20.2 Å². The minimum Gasteiger partial charge on any atom is -0.393 e. The van der Waals surface area contributed by atoms with Crippen molar-refractivity contribution >= 4 is 0 Å². The molecular weight excluding hydrogens is 256 g/mol. The fourth-order valence-electron chi connectivity index (χ4n) is 4.27. The summed E-state index contributed by atoms with van der Waals surface area (Å²) in [4.78, 5) is 0. The second kappa shape index (κ2) is 8.17. The molecule has 21 heavy (non-hydrogen) atoms. The number of hydrogen-bond donors (Lipinski definition) is 1. The third kappa shape index (κ3) is 5.62. The van der Waals surface area contributed by atoms with Crippen molar-refractivity contribution in [2.45, 2.75) is 78.2 Å². The number of hydrogen-bond acceptors (Lipinski definition) is 1. The minimum atomic E-state index is 0.00533. The summed E-state index contributed by atoms with van der Waals surface area (Å²) in [6.07, 6.45) is 17.2. The van der Waals surface area contributed by atoms with Gasteiger partial charge in [0.05, 0.1) is 6.10 Å². The molecule has 1 N–H and O–H groups in total. The Hall–Kier alpha value is -0.560. The Morgan fingerprint density at radius 1 is 1.14 bits per heavy atom. The maximum Gasteiger partial charge on any atom is 0.0545 e. The molecule has 0 aromatic rings. The number of rotatable bonds is 7. The fourth-order valence-corrected chi connectivity index (χ4v) is 4.27. The van der Waals surface area contributed by atoms with Gasteiger partial charge in [0.15, 0.2) is 0 Å². The van der Waals surface area contributed by atoms with Crippen molar-refractivity contribution in [1.29, 1.82) is 0 Å². The van der Waals surface area contributed by atoms with E-state index in [9.17, 15) is 5.11 Å². The largest absolute Gasteiger partial charge is 0.393 e. The Morgan fingerprint density at radius 3 is 2.43 bits per heavy atom.